The number of anilines is 3. The van der Waals surface area contributed by atoms with Crippen molar-refractivity contribution < 1.29 is 9.53 Å². The molecule has 3 N–H and O–H groups in total. The molecule has 9 nitrogen and oxygen atoms in total. The van der Waals surface area contributed by atoms with Gasteiger partial charge in [0.05, 0.1) is 35.7 Å². The van der Waals surface area contributed by atoms with Crippen molar-refractivity contribution >= 4 is 46.1 Å². The highest BCUT2D eigenvalue weighted by Crippen LogP contribution is 2.27. The third kappa shape index (κ3) is 4.41. The normalized spacial score (nSPS) is 13.8. The molecule has 2 aromatic heterocycles. The Labute approximate surface area is 194 Å². The summed E-state index contributed by atoms with van der Waals surface area (Å²) in [5.74, 6) is 0.534. The van der Waals surface area contributed by atoms with Gasteiger partial charge in [-0.15, -0.1) is 0 Å². The van der Waals surface area contributed by atoms with Gasteiger partial charge in [0.15, 0.2) is 17.0 Å². The molecule has 0 atom stereocenters. The topological polar surface area (TPSA) is 119 Å². The van der Waals surface area contributed by atoms with Gasteiger partial charge in [-0.2, -0.15) is 9.97 Å². The Bertz CT molecular complexity index is 1320. The number of rotatable bonds is 4. The van der Waals surface area contributed by atoms with Crippen LogP contribution in [0.1, 0.15) is 10.4 Å². The number of amides is 1. The predicted octanol–water partition coefficient (Wildman–Crippen LogP) is 3.41. The average molecular weight is 462 g/mol. The highest BCUT2D eigenvalue weighted by molar-refractivity contribution is 6.34. The quantitative estimate of drug-likeness (QED) is 0.474. The van der Waals surface area contributed by atoms with Crippen molar-refractivity contribution in [3.8, 4) is 11.3 Å². The molecule has 1 saturated heterocycles. The summed E-state index contributed by atoms with van der Waals surface area (Å²) in [6.07, 6.45) is 1.65. The van der Waals surface area contributed by atoms with Crippen LogP contribution in [0, 0.1) is 0 Å². The first kappa shape index (κ1) is 21.0. The van der Waals surface area contributed by atoms with E-state index in [-0.39, 0.29) is 11.9 Å². The number of carbonyl (C=O) groups is 1. The largest absolute Gasteiger partial charge is 0.378 e. The molecule has 0 spiro atoms. The molecule has 1 fully saturated rings. The van der Waals surface area contributed by atoms with Crippen LogP contribution in [0.2, 0.25) is 5.02 Å². The fourth-order valence-corrected chi connectivity index (χ4v) is 3.83. The number of nitrogens with zero attached hydrogens (tertiary/aromatic N) is 5. The lowest BCUT2D eigenvalue weighted by Crippen LogP contribution is -2.37. The van der Waals surface area contributed by atoms with E-state index in [0.717, 1.165) is 5.56 Å². The minimum absolute atomic E-state index is 0.157. The lowest BCUT2D eigenvalue weighted by molar-refractivity contribution is 0.102. The van der Waals surface area contributed by atoms with E-state index in [9.17, 15) is 4.79 Å². The molecule has 0 bridgehead atoms. The summed E-state index contributed by atoms with van der Waals surface area (Å²) in [5.41, 5.74) is 9.48. The molecule has 0 radical (unpaired) electrons. The molecular formula is C23H20ClN7O2. The van der Waals surface area contributed by atoms with Crippen LogP contribution in [-0.4, -0.2) is 52.1 Å². The van der Waals surface area contributed by atoms with E-state index in [2.05, 4.69) is 25.2 Å². The number of halogens is 1. The molecule has 166 valence electrons. The summed E-state index contributed by atoms with van der Waals surface area (Å²) in [6, 6.07) is 14.2. The number of nitrogen functional groups attached to an aromatic ring is 1. The van der Waals surface area contributed by atoms with E-state index < -0.39 is 0 Å². The second-order valence-electron chi connectivity index (χ2n) is 7.44. The monoisotopic (exact) mass is 461 g/mol. The molecule has 0 aliphatic carbocycles. The van der Waals surface area contributed by atoms with Gasteiger partial charge in [-0.1, -0.05) is 35.9 Å². The number of morpholine rings is 1. The molecular weight excluding hydrogens is 442 g/mol. The predicted molar refractivity (Wildman–Crippen MR) is 127 cm³/mol. The van der Waals surface area contributed by atoms with E-state index in [4.69, 9.17) is 27.1 Å². The molecule has 1 amide bonds. The zero-order valence-corrected chi connectivity index (χ0v) is 18.3. The van der Waals surface area contributed by atoms with E-state index in [0.29, 0.717) is 65.3 Å². The fraction of sp³-hybridized carbons (Fsp3) is 0.174. The minimum Gasteiger partial charge on any atom is -0.378 e. The van der Waals surface area contributed by atoms with Crippen LogP contribution in [-0.2, 0) is 4.74 Å². The number of benzene rings is 2. The summed E-state index contributed by atoms with van der Waals surface area (Å²) in [5, 5.41) is 3.25. The molecule has 2 aromatic carbocycles. The van der Waals surface area contributed by atoms with Crippen LogP contribution in [0.15, 0.2) is 54.7 Å². The van der Waals surface area contributed by atoms with Crippen LogP contribution in [0.25, 0.3) is 22.4 Å². The Balaban J connectivity index is 1.42. The van der Waals surface area contributed by atoms with Crippen molar-refractivity contribution in [2.75, 3.05) is 42.3 Å². The van der Waals surface area contributed by atoms with Gasteiger partial charge < -0.3 is 20.7 Å². The number of nitrogens with two attached hydrogens (primary N) is 1. The Morgan fingerprint density at radius 3 is 2.55 bits per heavy atom. The standard InChI is InChI=1S/C23H20ClN7O2/c24-17-4-2-1-3-16(17)22(32)27-15-7-5-14(6-8-15)18-13-26-20-19(28-18)21(30-23(25)29-20)31-9-11-33-12-10-31/h1-8,13H,9-12H2,(H,27,32)(H2,25,26,29,30). The van der Waals surface area contributed by atoms with Crippen molar-refractivity contribution in [2.45, 2.75) is 0 Å². The van der Waals surface area contributed by atoms with Crippen molar-refractivity contribution in [3.05, 3.63) is 65.3 Å². The highest BCUT2D eigenvalue weighted by atomic mass is 35.5. The highest BCUT2D eigenvalue weighted by Gasteiger charge is 2.19. The van der Waals surface area contributed by atoms with Crippen molar-refractivity contribution in [1.82, 2.24) is 19.9 Å². The van der Waals surface area contributed by atoms with E-state index in [1.54, 1.807) is 42.6 Å². The van der Waals surface area contributed by atoms with Gasteiger partial charge in [0.1, 0.15) is 0 Å². The number of ether oxygens (including phenoxy) is 1. The first-order chi connectivity index (χ1) is 16.1. The van der Waals surface area contributed by atoms with Gasteiger partial charge in [0.25, 0.3) is 5.91 Å². The molecule has 1 aliphatic rings. The van der Waals surface area contributed by atoms with Gasteiger partial charge in [-0.3, -0.25) is 4.79 Å². The average Bonchev–Trinajstić information content (AvgIpc) is 2.84. The zero-order chi connectivity index (χ0) is 22.8. The van der Waals surface area contributed by atoms with Gasteiger partial charge in [0, 0.05) is 24.3 Å². The summed E-state index contributed by atoms with van der Waals surface area (Å²) in [6.45, 7) is 2.61. The molecule has 1 aliphatic heterocycles. The Kier molecular flexibility index (Phi) is 5.72. The smallest absolute Gasteiger partial charge is 0.257 e. The molecule has 0 saturated carbocycles. The maximum Gasteiger partial charge on any atom is 0.257 e. The van der Waals surface area contributed by atoms with Crippen molar-refractivity contribution in [3.63, 3.8) is 0 Å². The van der Waals surface area contributed by atoms with Gasteiger partial charge in [-0.25, -0.2) is 9.97 Å². The molecule has 3 heterocycles. The molecule has 33 heavy (non-hydrogen) atoms. The number of hydrogen-bond donors (Lipinski definition) is 2. The lowest BCUT2D eigenvalue weighted by atomic mass is 10.1. The number of hydrogen-bond acceptors (Lipinski definition) is 8. The third-order valence-electron chi connectivity index (χ3n) is 5.27. The first-order valence-electron chi connectivity index (χ1n) is 10.4. The Morgan fingerprint density at radius 2 is 1.79 bits per heavy atom. The van der Waals surface area contributed by atoms with Crippen molar-refractivity contribution in [2.24, 2.45) is 0 Å². The summed E-state index contributed by atoms with van der Waals surface area (Å²) >= 11 is 6.11. The lowest BCUT2D eigenvalue weighted by Gasteiger charge is -2.28. The first-order valence-corrected chi connectivity index (χ1v) is 10.8. The van der Waals surface area contributed by atoms with E-state index >= 15 is 0 Å². The summed E-state index contributed by atoms with van der Waals surface area (Å²) in [7, 11) is 0. The van der Waals surface area contributed by atoms with Gasteiger partial charge in [-0.05, 0) is 24.3 Å². The maximum atomic E-state index is 12.5. The van der Waals surface area contributed by atoms with Crippen molar-refractivity contribution in [1.29, 1.82) is 0 Å². The molecule has 5 rings (SSSR count). The number of nitrogens with one attached hydrogen (secondary N) is 1. The SMILES string of the molecule is Nc1nc(N2CCOCC2)c2nc(-c3ccc(NC(=O)c4ccccc4Cl)cc3)cnc2n1. The number of aromatic nitrogens is 4. The van der Waals surface area contributed by atoms with E-state index in [1.807, 2.05) is 12.1 Å². The molecule has 10 heteroatoms. The van der Waals surface area contributed by atoms with E-state index in [1.165, 1.54) is 0 Å². The maximum absolute atomic E-state index is 12.5. The van der Waals surface area contributed by atoms with Crippen LogP contribution in [0.3, 0.4) is 0 Å². The second kappa shape index (κ2) is 8.97. The molecule has 4 aromatic rings. The third-order valence-corrected chi connectivity index (χ3v) is 5.60. The molecule has 0 unspecified atom stereocenters. The Hall–Kier alpha value is -3.82. The summed E-state index contributed by atoms with van der Waals surface area (Å²) in [4.78, 5) is 32.5. The van der Waals surface area contributed by atoms with Gasteiger partial charge in [0.2, 0.25) is 5.95 Å². The minimum atomic E-state index is -0.274. The van der Waals surface area contributed by atoms with Crippen LogP contribution in [0.4, 0.5) is 17.5 Å². The van der Waals surface area contributed by atoms with Crippen LogP contribution in [0.5, 0.6) is 0 Å². The van der Waals surface area contributed by atoms with Crippen LogP contribution >= 0.6 is 11.6 Å². The van der Waals surface area contributed by atoms with Crippen LogP contribution < -0.4 is 16.0 Å². The number of carbonyl (C=O) groups excluding carboxylic acids is 1. The second-order valence-corrected chi connectivity index (χ2v) is 7.85. The summed E-state index contributed by atoms with van der Waals surface area (Å²) < 4.78 is 5.44. The fourth-order valence-electron chi connectivity index (χ4n) is 3.61. The Morgan fingerprint density at radius 1 is 1.03 bits per heavy atom. The number of fused-ring (bicyclic) bond motifs is 1. The van der Waals surface area contributed by atoms with Gasteiger partial charge >= 0.3 is 0 Å². The zero-order valence-electron chi connectivity index (χ0n) is 17.5.